The fourth-order valence-electron chi connectivity index (χ4n) is 2.34. The van der Waals surface area contributed by atoms with E-state index in [1.54, 1.807) is 18.2 Å². The van der Waals surface area contributed by atoms with Crippen LogP contribution in [0.25, 0.3) is 23.0 Å². The monoisotopic (exact) mass is 368 g/mol. The zero-order chi connectivity index (χ0) is 18.7. The van der Waals surface area contributed by atoms with E-state index in [2.05, 4.69) is 0 Å². The van der Waals surface area contributed by atoms with Crippen molar-refractivity contribution in [1.82, 2.24) is 0 Å². The number of nitriles is 1. The highest BCUT2D eigenvalue weighted by Gasteiger charge is 2.15. The van der Waals surface area contributed by atoms with Gasteiger partial charge in [-0.25, -0.2) is 4.39 Å². The molecule has 0 aliphatic heterocycles. The van der Waals surface area contributed by atoms with Crippen molar-refractivity contribution in [2.45, 2.75) is 0 Å². The molecule has 26 heavy (non-hydrogen) atoms. The molecular formula is C19H10ClFN2O3. The number of nitro groups is 1. The van der Waals surface area contributed by atoms with E-state index in [0.717, 1.165) is 0 Å². The molecular weight excluding hydrogens is 359 g/mol. The molecule has 0 unspecified atom stereocenters. The van der Waals surface area contributed by atoms with E-state index in [1.165, 1.54) is 42.5 Å². The second-order valence-electron chi connectivity index (χ2n) is 5.30. The minimum atomic E-state index is -0.572. The molecule has 0 saturated heterocycles. The van der Waals surface area contributed by atoms with E-state index in [4.69, 9.17) is 16.0 Å². The molecule has 0 aliphatic carbocycles. The lowest BCUT2D eigenvalue weighted by atomic mass is 10.1. The van der Waals surface area contributed by atoms with Crippen molar-refractivity contribution in [3.05, 3.63) is 86.9 Å². The zero-order valence-electron chi connectivity index (χ0n) is 13.1. The summed E-state index contributed by atoms with van der Waals surface area (Å²) in [6.45, 7) is 0. The number of halogens is 2. The van der Waals surface area contributed by atoms with Crippen LogP contribution in [0, 0.1) is 27.3 Å². The summed E-state index contributed by atoms with van der Waals surface area (Å²) >= 11 is 5.81. The van der Waals surface area contributed by atoms with Gasteiger partial charge in [0.05, 0.1) is 16.6 Å². The third-order valence-corrected chi connectivity index (χ3v) is 3.94. The Morgan fingerprint density at radius 3 is 2.58 bits per heavy atom. The van der Waals surface area contributed by atoms with Crippen LogP contribution in [0.4, 0.5) is 10.1 Å². The van der Waals surface area contributed by atoms with Gasteiger partial charge in [-0.05, 0) is 48.0 Å². The number of rotatable bonds is 4. The summed E-state index contributed by atoms with van der Waals surface area (Å²) in [5, 5.41) is 20.3. The van der Waals surface area contributed by atoms with Gasteiger partial charge < -0.3 is 4.42 Å². The Bertz CT molecular complexity index is 1050. The highest BCUT2D eigenvalue weighted by Crippen LogP contribution is 2.32. The normalized spacial score (nSPS) is 11.2. The van der Waals surface area contributed by atoms with Crippen molar-refractivity contribution in [3.8, 4) is 17.4 Å². The van der Waals surface area contributed by atoms with E-state index < -0.39 is 10.7 Å². The number of allylic oxidation sites excluding steroid dienone is 1. The fourth-order valence-corrected chi connectivity index (χ4v) is 2.53. The molecule has 5 nitrogen and oxygen atoms in total. The first kappa shape index (κ1) is 17.4. The second-order valence-corrected chi connectivity index (χ2v) is 5.71. The van der Waals surface area contributed by atoms with Gasteiger partial charge in [-0.2, -0.15) is 5.26 Å². The minimum Gasteiger partial charge on any atom is -0.457 e. The largest absolute Gasteiger partial charge is 0.457 e. The maximum absolute atomic E-state index is 13.0. The van der Waals surface area contributed by atoms with Crippen molar-refractivity contribution in [2.75, 3.05) is 0 Å². The van der Waals surface area contributed by atoms with E-state index in [-0.39, 0.29) is 10.7 Å². The van der Waals surface area contributed by atoms with Gasteiger partial charge in [0.2, 0.25) is 0 Å². The average molecular weight is 369 g/mol. The number of hydrogen-bond donors (Lipinski definition) is 0. The SMILES string of the molecule is N#CC(=Cc1ccc(-c2ccc(Cl)c([N+](=O)[O-])c2)o1)c1ccc(F)cc1. The van der Waals surface area contributed by atoms with Crippen molar-refractivity contribution in [2.24, 2.45) is 0 Å². The molecule has 0 saturated carbocycles. The summed E-state index contributed by atoms with van der Waals surface area (Å²) in [5.41, 5.74) is 1.12. The minimum absolute atomic E-state index is 0.0357. The molecule has 0 amide bonds. The van der Waals surface area contributed by atoms with Crippen LogP contribution in [-0.2, 0) is 0 Å². The molecule has 3 aromatic rings. The molecule has 7 heteroatoms. The van der Waals surface area contributed by atoms with Crippen molar-refractivity contribution in [1.29, 1.82) is 5.26 Å². The summed E-state index contributed by atoms with van der Waals surface area (Å²) in [6, 6.07) is 15.2. The van der Waals surface area contributed by atoms with E-state index in [0.29, 0.717) is 28.2 Å². The number of furan rings is 1. The predicted molar refractivity (Wildman–Crippen MR) is 95.7 cm³/mol. The first-order chi connectivity index (χ1) is 12.5. The molecule has 0 fully saturated rings. The number of nitrogens with zero attached hydrogens (tertiary/aromatic N) is 2. The predicted octanol–water partition coefficient (Wildman–Crippen LogP) is 5.71. The van der Waals surface area contributed by atoms with Gasteiger partial charge in [-0.15, -0.1) is 0 Å². The fraction of sp³-hybridized carbons (Fsp3) is 0. The highest BCUT2D eigenvalue weighted by atomic mass is 35.5. The third kappa shape index (κ3) is 3.63. The Labute approximate surface area is 152 Å². The summed E-state index contributed by atoms with van der Waals surface area (Å²) in [4.78, 5) is 10.4. The van der Waals surface area contributed by atoms with Crippen LogP contribution in [0.1, 0.15) is 11.3 Å². The first-order valence-corrected chi connectivity index (χ1v) is 7.77. The molecule has 0 aliphatic rings. The zero-order valence-corrected chi connectivity index (χ0v) is 13.9. The van der Waals surface area contributed by atoms with Gasteiger partial charge in [0, 0.05) is 11.6 Å². The average Bonchev–Trinajstić information content (AvgIpc) is 3.09. The molecule has 1 heterocycles. The van der Waals surface area contributed by atoms with Crippen LogP contribution in [-0.4, -0.2) is 4.92 Å². The van der Waals surface area contributed by atoms with Gasteiger partial charge in [-0.1, -0.05) is 23.7 Å². The first-order valence-electron chi connectivity index (χ1n) is 7.40. The van der Waals surface area contributed by atoms with Crippen LogP contribution >= 0.6 is 11.6 Å². The van der Waals surface area contributed by atoms with Crippen molar-refractivity contribution in [3.63, 3.8) is 0 Å². The summed E-state index contributed by atoms with van der Waals surface area (Å²) < 4.78 is 18.7. The summed E-state index contributed by atoms with van der Waals surface area (Å²) in [6.07, 6.45) is 1.51. The Balaban J connectivity index is 1.95. The Morgan fingerprint density at radius 2 is 1.92 bits per heavy atom. The quantitative estimate of drug-likeness (QED) is 0.335. The lowest BCUT2D eigenvalue weighted by molar-refractivity contribution is -0.384. The highest BCUT2D eigenvalue weighted by molar-refractivity contribution is 6.32. The van der Waals surface area contributed by atoms with Crippen LogP contribution < -0.4 is 0 Å². The van der Waals surface area contributed by atoms with Crippen LogP contribution in [0.3, 0.4) is 0 Å². The van der Waals surface area contributed by atoms with E-state index >= 15 is 0 Å². The van der Waals surface area contributed by atoms with Crippen LogP contribution in [0.5, 0.6) is 0 Å². The second kappa shape index (κ2) is 7.21. The molecule has 0 spiro atoms. The maximum Gasteiger partial charge on any atom is 0.288 e. The number of nitro benzene ring substituents is 1. The molecule has 3 rings (SSSR count). The molecule has 1 aromatic heterocycles. The molecule has 0 bridgehead atoms. The number of hydrogen-bond acceptors (Lipinski definition) is 4. The summed E-state index contributed by atoms with van der Waals surface area (Å²) in [5.74, 6) is 0.390. The Morgan fingerprint density at radius 1 is 1.19 bits per heavy atom. The van der Waals surface area contributed by atoms with Gasteiger partial charge >= 0.3 is 0 Å². The molecule has 2 aromatic carbocycles. The maximum atomic E-state index is 13.0. The Hall–Kier alpha value is -3.43. The Kier molecular flexibility index (Phi) is 4.83. The van der Waals surface area contributed by atoms with Gasteiger partial charge in [0.15, 0.2) is 0 Å². The molecule has 0 atom stereocenters. The third-order valence-electron chi connectivity index (χ3n) is 3.62. The van der Waals surface area contributed by atoms with Gasteiger partial charge in [0.1, 0.15) is 22.4 Å². The van der Waals surface area contributed by atoms with Crippen molar-refractivity contribution >= 4 is 28.9 Å². The van der Waals surface area contributed by atoms with Gasteiger partial charge in [0.25, 0.3) is 5.69 Å². The smallest absolute Gasteiger partial charge is 0.288 e. The lowest BCUT2D eigenvalue weighted by Gasteiger charge is -2.00. The lowest BCUT2D eigenvalue weighted by Crippen LogP contribution is -1.89. The standard InChI is InChI=1S/C19H10ClFN2O3/c20-17-7-3-13(10-18(17)23(24)25)19-8-6-16(26-19)9-14(11-22)12-1-4-15(21)5-2-12/h1-10H. The van der Waals surface area contributed by atoms with E-state index in [9.17, 15) is 19.8 Å². The van der Waals surface area contributed by atoms with Crippen LogP contribution in [0.15, 0.2) is 59.0 Å². The molecule has 0 radical (unpaired) electrons. The van der Waals surface area contributed by atoms with E-state index in [1.807, 2.05) is 6.07 Å². The molecule has 0 N–H and O–H groups in total. The molecule has 128 valence electrons. The van der Waals surface area contributed by atoms with Gasteiger partial charge in [-0.3, -0.25) is 10.1 Å². The van der Waals surface area contributed by atoms with Crippen LogP contribution in [0.2, 0.25) is 5.02 Å². The topological polar surface area (TPSA) is 80.1 Å². The summed E-state index contributed by atoms with van der Waals surface area (Å²) in [7, 11) is 0. The number of benzene rings is 2. The van der Waals surface area contributed by atoms with Crippen molar-refractivity contribution < 1.29 is 13.7 Å².